The summed E-state index contributed by atoms with van der Waals surface area (Å²) in [5.74, 6) is -1.31. The summed E-state index contributed by atoms with van der Waals surface area (Å²) in [7, 11) is 0. The number of rotatable bonds is 5. The summed E-state index contributed by atoms with van der Waals surface area (Å²) in [6.45, 7) is 0. The summed E-state index contributed by atoms with van der Waals surface area (Å²) in [5.41, 5.74) is 1.35. The van der Waals surface area contributed by atoms with E-state index in [0.717, 1.165) is 30.6 Å². The maximum Gasteiger partial charge on any atom is 0.343 e. The number of nitrogens with zero attached hydrogens (tertiary/aromatic N) is 1. The zero-order valence-electron chi connectivity index (χ0n) is 20.4. The smallest absolute Gasteiger partial charge is 0.343 e. The number of esters is 2. The average molecular weight is 506 g/mol. The number of hydrogen-bond donors (Lipinski definition) is 0. The molecule has 7 heteroatoms. The molecule has 0 N–H and O–H groups in total. The Bertz CT molecular complexity index is 1590. The number of hydrogen-bond acceptors (Lipinski definition) is 6. The number of imide groups is 1. The van der Waals surface area contributed by atoms with E-state index in [1.807, 2.05) is 0 Å². The van der Waals surface area contributed by atoms with Crippen LogP contribution in [0.5, 0.6) is 11.5 Å². The SMILES string of the molecule is O=C(Oc1cc2c3c(cccc3c1)C(=O)N(c1ccc(OC(=O)C3CCCC3)cc1)C2=O)c1ccccc1. The van der Waals surface area contributed by atoms with Gasteiger partial charge in [-0.3, -0.25) is 14.4 Å². The molecular weight excluding hydrogens is 482 g/mol. The van der Waals surface area contributed by atoms with E-state index in [-0.39, 0.29) is 23.2 Å². The maximum absolute atomic E-state index is 13.6. The van der Waals surface area contributed by atoms with E-state index in [9.17, 15) is 19.2 Å². The van der Waals surface area contributed by atoms with Gasteiger partial charge in [-0.1, -0.05) is 43.2 Å². The first-order valence-corrected chi connectivity index (χ1v) is 12.5. The van der Waals surface area contributed by atoms with E-state index in [1.54, 1.807) is 78.9 Å². The molecule has 0 spiro atoms. The lowest BCUT2D eigenvalue weighted by atomic mass is 9.93. The monoisotopic (exact) mass is 505 g/mol. The average Bonchev–Trinajstić information content (AvgIpc) is 3.48. The zero-order valence-corrected chi connectivity index (χ0v) is 20.4. The van der Waals surface area contributed by atoms with Crippen LogP contribution < -0.4 is 14.4 Å². The number of carbonyl (C=O) groups excluding carboxylic acids is 4. The van der Waals surface area contributed by atoms with Crippen molar-refractivity contribution in [2.45, 2.75) is 25.7 Å². The number of benzene rings is 4. The van der Waals surface area contributed by atoms with Crippen LogP contribution >= 0.6 is 0 Å². The van der Waals surface area contributed by atoms with Crippen molar-refractivity contribution in [1.82, 2.24) is 0 Å². The molecule has 1 aliphatic heterocycles. The molecule has 1 aliphatic carbocycles. The van der Waals surface area contributed by atoms with Crippen molar-refractivity contribution in [3.8, 4) is 11.5 Å². The van der Waals surface area contributed by atoms with Crippen molar-refractivity contribution in [3.63, 3.8) is 0 Å². The lowest BCUT2D eigenvalue weighted by Gasteiger charge is -2.27. The third-order valence-corrected chi connectivity index (χ3v) is 7.04. The zero-order chi connectivity index (χ0) is 26.2. The predicted molar refractivity (Wildman–Crippen MR) is 141 cm³/mol. The topological polar surface area (TPSA) is 90.0 Å². The molecule has 0 unspecified atom stereocenters. The van der Waals surface area contributed by atoms with E-state index in [2.05, 4.69) is 0 Å². The van der Waals surface area contributed by atoms with Crippen LogP contribution in [0.25, 0.3) is 10.8 Å². The van der Waals surface area contributed by atoms with Crippen LogP contribution in [0, 0.1) is 5.92 Å². The minimum Gasteiger partial charge on any atom is -0.426 e. The minimum atomic E-state index is -0.549. The van der Waals surface area contributed by atoms with Crippen molar-refractivity contribution in [3.05, 3.63) is 102 Å². The highest BCUT2D eigenvalue weighted by atomic mass is 16.5. The summed E-state index contributed by atoms with van der Waals surface area (Å²) in [6, 6.07) is 23.2. The van der Waals surface area contributed by atoms with Crippen LogP contribution in [-0.2, 0) is 4.79 Å². The van der Waals surface area contributed by atoms with E-state index < -0.39 is 17.8 Å². The van der Waals surface area contributed by atoms with Crippen molar-refractivity contribution < 1.29 is 28.7 Å². The largest absolute Gasteiger partial charge is 0.426 e. The second kappa shape index (κ2) is 9.59. The van der Waals surface area contributed by atoms with Crippen molar-refractivity contribution in [1.29, 1.82) is 0 Å². The lowest BCUT2D eigenvalue weighted by Crippen LogP contribution is -2.40. The van der Waals surface area contributed by atoms with Crippen molar-refractivity contribution in [2.24, 2.45) is 5.92 Å². The molecule has 2 aliphatic rings. The summed E-state index contributed by atoms with van der Waals surface area (Å²) in [6.07, 6.45) is 3.72. The number of carbonyl (C=O) groups is 4. The van der Waals surface area contributed by atoms with Gasteiger partial charge in [0.15, 0.2) is 0 Å². The lowest BCUT2D eigenvalue weighted by molar-refractivity contribution is -0.138. The quantitative estimate of drug-likeness (QED) is 0.189. The fraction of sp³-hybridized carbons (Fsp3) is 0.161. The van der Waals surface area contributed by atoms with Gasteiger partial charge in [-0.2, -0.15) is 0 Å². The van der Waals surface area contributed by atoms with Crippen LogP contribution in [0.4, 0.5) is 5.69 Å². The van der Waals surface area contributed by atoms with Crippen molar-refractivity contribution in [2.75, 3.05) is 4.90 Å². The molecule has 0 atom stereocenters. The van der Waals surface area contributed by atoms with E-state index in [1.165, 1.54) is 6.07 Å². The molecule has 0 radical (unpaired) electrons. The summed E-state index contributed by atoms with van der Waals surface area (Å²) in [5, 5.41) is 1.13. The first-order valence-electron chi connectivity index (χ1n) is 12.5. The molecule has 1 heterocycles. The van der Waals surface area contributed by atoms with Crippen LogP contribution in [0.2, 0.25) is 0 Å². The van der Waals surface area contributed by atoms with Gasteiger partial charge in [-0.05, 0) is 72.8 Å². The van der Waals surface area contributed by atoms with Gasteiger partial charge in [-0.15, -0.1) is 0 Å². The Morgan fingerprint density at radius 2 is 1.42 bits per heavy atom. The molecule has 0 aromatic heterocycles. The van der Waals surface area contributed by atoms with Gasteiger partial charge in [0, 0.05) is 10.9 Å². The second-order valence-electron chi connectivity index (χ2n) is 9.47. The third kappa shape index (κ3) is 4.22. The molecule has 188 valence electrons. The number of amides is 2. The van der Waals surface area contributed by atoms with Gasteiger partial charge in [-0.25, -0.2) is 9.69 Å². The molecule has 1 fully saturated rings. The molecule has 0 saturated heterocycles. The van der Waals surface area contributed by atoms with Gasteiger partial charge in [0.2, 0.25) is 0 Å². The van der Waals surface area contributed by atoms with E-state index >= 15 is 0 Å². The normalized spacial score (nSPS) is 15.1. The van der Waals surface area contributed by atoms with Gasteiger partial charge in [0.1, 0.15) is 11.5 Å². The highest BCUT2D eigenvalue weighted by Crippen LogP contribution is 2.36. The predicted octanol–water partition coefficient (Wildman–Crippen LogP) is 5.96. The molecule has 0 bridgehead atoms. The first kappa shape index (κ1) is 23.6. The summed E-state index contributed by atoms with van der Waals surface area (Å²) in [4.78, 5) is 53.2. The van der Waals surface area contributed by atoms with Gasteiger partial charge in [0.25, 0.3) is 11.8 Å². The molecule has 38 heavy (non-hydrogen) atoms. The van der Waals surface area contributed by atoms with Gasteiger partial charge in [0.05, 0.1) is 22.7 Å². The molecule has 1 saturated carbocycles. The van der Waals surface area contributed by atoms with Crippen LogP contribution in [0.1, 0.15) is 56.8 Å². The van der Waals surface area contributed by atoms with Gasteiger partial charge < -0.3 is 9.47 Å². The molecule has 2 amide bonds. The first-order chi connectivity index (χ1) is 18.5. The fourth-order valence-electron chi connectivity index (χ4n) is 5.14. The Balaban J connectivity index is 1.31. The number of anilines is 1. The molecule has 7 nitrogen and oxygen atoms in total. The Morgan fingerprint density at radius 3 is 2.16 bits per heavy atom. The Labute approximate surface area is 218 Å². The third-order valence-electron chi connectivity index (χ3n) is 7.04. The fourth-order valence-corrected chi connectivity index (χ4v) is 5.14. The highest BCUT2D eigenvalue weighted by Gasteiger charge is 2.35. The summed E-state index contributed by atoms with van der Waals surface area (Å²) < 4.78 is 11.1. The minimum absolute atomic E-state index is 0.0814. The van der Waals surface area contributed by atoms with Crippen LogP contribution in [0.3, 0.4) is 0 Å². The maximum atomic E-state index is 13.6. The van der Waals surface area contributed by atoms with Crippen LogP contribution in [-0.4, -0.2) is 23.8 Å². The molecule has 4 aromatic carbocycles. The highest BCUT2D eigenvalue weighted by molar-refractivity contribution is 6.36. The van der Waals surface area contributed by atoms with Crippen LogP contribution in [0.15, 0.2) is 84.9 Å². The molecule has 6 rings (SSSR count). The summed E-state index contributed by atoms with van der Waals surface area (Å²) >= 11 is 0. The Morgan fingerprint density at radius 1 is 0.711 bits per heavy atom. The van der Waals surface area contributed by atoms with E-state index in [4.69, 9.17) is 9.47 Å². The Kier molecular flexibility index (Phi) is 5.96. The van der Waals surface area contributed by atoms with E-state index in [0.29, 0.717) is 33.3 Å². The van der Waals surface area contributed by atoms with Gasteiger partial charge >= 0.3 is 11.9 Å². The molecule has 4 aromatic rings. The number of ether oxygens (including phenoxy) is 2. The molecular formula is C31H23NO6. The standard InChI is InChI=1S/C31H23NO6/c33-28-25-12-6-11-21-17-24(38-31(36)19-7-2-1-3-8-19)18-26(27(21)25)29(34)32(28)22-13-15-23(16-14-22)37-30(35)20-9-4-5-10-20/h1-3,6-8,11-18,20H,4-5,9-10H2. The Hall–Kier alpha value is -4.78. The van der Waals surface area contributed by atoms with Crippen molar-refractivity contribution >= 4 is 40.2 Å². The second-order valence-corrected chi connectivity index (χ2v) is 9.47.